The molecule has 11 aromatic rings. The molecule has 3 heterocycles. The summed E-state index contributed by atoms with van der Waals surface area (Å²) in [5.41, 5.74) is 13.5. The van der Waals surface area contributed by atoms with Gasteiger partial charge in [0, 0.05) is 49.4 Å². The fourth-order valence-electron chi connectivity index (χ4n) is 8.33. The van der Waals surface area contributed by atoms with Crippen molar-refractivity contribution in [2.24, 2.45) is 0 Å². The zero-order valence-corrected chi connectivity index (χ0v) is 30.1. The van der Waals surface area contributed by atoms with Gasteiger partial charge in [0.2, 0.25) is 0 Å². The highest BCUT2D eigenvalue weighted by Gasteiger charge is 2.17. The predicted molar refractivity (Wildman–Crippen MR) is 229 cm³/mol. The number of aromatic nitrogens is 4. The molecule has 3 aromatic heterocycles. The standard InChI is InChI=1S/C51H31N5/c52-32-33-18-20-34(21-19-33)50-42-14-4-7-15-45(42)53-51(54-50)35-22-26-39(27-23-35)56-47-17-9-6-13-41(47)44-31-37(25-29-49(44)56)36-24-28-48-43(30-36)40-12-5-8-16-46(40)55(48)38-10-2-1-3-11-38/h1-31H. The summed E-state index contributed by atoms with van der Waals surface area (Å²) in [5, 5.41) is 15.2. The molecule has 56 heavy (non-hydrogen) atoms. The Morgan fingerprint density at radius 1 is 0.375 bits per heavy atom. The van der Waals surface area contributed by atoms with E-state index < -0.39 is 0 Å². The second-order valence-corrected chi connectivity index (χ2v) is 14.2. The summed E-state index contributed by atoms with van der Waals surface area (Å²) in [5.74, 6) is 0.658. The number of hydrogen-bond donors (Lipinski definition) is 0. The predicted octanol–water partition coefficient (Wildman–Crippen LogP) is 12.7. The van der Waals surface area contributed by atoms with Crippen LogP contribution in [0.15, 0.2) is 188 Å². The van der Waals surface area contributed by atoms with E-state index in [0.717, 1.165) is 50.1 Å². The average Bonchev–Trinajstić information content (AvgIpc) is 3.78. The van der Waals surface area contributed by atoms with Crippen LogP contribution < -0.4 is 0 Å². The van der Waals surface area contributed by atoms with Gasteiger partial charge in [-0.05, 0) is 102 Å². The lowest BCUT2D eigenvalue weighted by molar-refractivity contribution is 1.17. The number of benzene rings is 8. The Bertz CT molecular complexity index is 3350. The Balaban J connectivity index is 1.01. The van der Waals surface area contributed by atoms with Crippen LogP contribution in [-0.4, -0.2) is 19.1 Å². The van der Waals surface area contributed by atoms with Gasteiger partial charge in [0.05, 0.1) is 44.9 Å². The monoisotopic (exact) mass is 713 g/mol. The van der Waals surface area contributed by atoms with Crippen molar-refractivity contribution < 1.29 is 0 Å². The van der Waals surface area contributed by atoms with Crippen LogP contribution in [0.2, 0.25) is 0 Å². The van der Waals surface area contributed by atoms with Crippen LogP contribution in [0.5, 0.6) is 0 Å². The lowest BCUT2D eigenvalue weighted by Crippen LogP contribution is -1.97. The van der Waals surface area contributed by atoms with Crippen molar-refractivity contribution in [2.75, 3.05) is 0 Å². The number of nitriles is 1. The normalized spacial score (nSPS) is 11.6. The number of nitrogens with zero attached hydrogens (tertiary/aromatic N) is 5. The summed E-state index contributed by atoms with van der Waals surface area (Å²) < 4.78 is 4.70. The third kappa shape index (κ3) is 5.01. The van der Waals surface area contributed by atoms with E-state index in [1.807, 2.05) is 48.5 Å². The van der Waals surface area contributed by atoms with Crippen LogP contribution >= 0.6 is 0 Å². The van der Waals surface area contributed by atoms with Crippen molar-refractivity contribution in [1.29, 1.82) is 5.26 Å². The van der Waals surface area contributed by atoms with Gasteiger partial charge in [-0.25, -0.2) is 9.97 Å². The molecule has 5 nitrogen and oxygen atoms in total. The van der Waals surface area contributed by atoms with E-state index in [1.165, 1.54) is 43.7 Å². The molecule has 0 unspecified atom stereocenters. The molecule has 5 heteroatoms. The van der Waals surface area contributed by atoms with Gasteiger partial charge in [0.1, 0.15) is 0 Å². The van der Waals surface area contributed by atoms with Crippen molar-refractivity contribution in [3.8, 4) is 51.2 Å². The van der Waals surface area contributed by atoms with E-state index in [1.54, 1.807) is 0 Å². The molecule has 0 aliphatic rings. The summed E-state index contributed by atoms with van der Waals surface area (Å²) in [7, 11) is 0. The first kappa shape index (κ1) is 31.7. The van der Waals surface area contributed by atoms with E-state index >= 15 is 0 Å². The number of para-hydroxylation sites is 4. The molecule has 0 N–H and O–H groups in total. The third-order valence-electron chi connectivity index (χ3n) is 11.0. The van der Waals surface area contributed by atoms with Crippen LogP contribution in [0.3, 0.4) is 0 Å². The van der Waals surface area contributed by atoms with Crippen LogP contribution in [-0.2, 0) is 0 Å². The topological polar surface area (TPSA) is 59.4 Å². The van der Waals surface area contributed by atoms with Gasteiger partial charge in [-0.3, -0.25) is 0 Å². The van der Waals surface area contributed by atoms with Gasteiger partial charge in [0.25, 0.3) is 0 Å². The molecule has 0 aliphatic carbocycles. The molecule has 0 fully saturated rings. The Kier molecular flexibility index (Phi) is 7.16. The lowest BCUT2D eigenvalue weighted by Gasteiger charge is -2.11. The molecule has 0 amide bonds. The van der Waals surface area contributed by atoms with Gasteiger partial charge in [-0.1, -0.05) is 97.1 Å². The van der Waals surface area contributed by atoms with E-state index in [4.69, 9.17) is 9.97 Å². The Hall–Kier alpha value is -7.81. The minimum Gasteiger partial charge on any atom is -0.309 e. The van der Waals surface area contributed by atoms with Gasteiger partial charge < -0.3 is 9.13 Å². The first-order valence-corrected chi connectivity index (χ1v) is 18.7. The molecule has 11 rings (SSSR count). The summed E-state index contributed by atoms with van der Waals surface area (Å²) in [6.07, 6.45) is 0. The molecule has 8 aromatic carbocycles. The minimum atomic E-state index is 0.620. The van der Waals surface area contributed by atoms with Crippen LogP contribution in [0.4, 0.5) is 0 Å². The highest BCUT2D eigenvalue weighted by Crippen LogP contribution is 2.39. The number of fused-ring (bicyclic) bond motifs is 7. The largest absolute Gasteiger partial charge is 0.309 e. The molecule has 0 bridgehead atoms. The smallest absolute Gasteiger partial charge is 0.160 e. The fourth-order valence-corrected chi connectivity index (χ4v) is 8.33. The molecule has 0 spiro atoms. The molecule has 0 aliphatic heterocycles. The molecular formula is C51H31N5. The van der Waals surface area contributed by atoms with E-state index in [-0.39, 0.29) is 0 Å². The van der Waals surface area contributed by atoms with E-state index in [9.17, 15) is 5.26 Å². The van der Waals surface area contributed by atoms with Crippen LogP contribution in [0.25, 0.3) is 99.7 Å². The summed E-state index contributed by atoms with van der Waals surface area (Å²) in [4.78, 5) is 10.1. The lowest BCUT2D eigenvalue weighted by atomic mass is 10.0. The third-order valence-corrected chi connectivity index (χ3v) is 11.0. The molecule has 0 saturated heterocycles. The number of hydrogen-bond acceptors (Lipinski definition) is 3. The Labute approximate surface area is 322 Å². The second kappa shape index (κ2) is 12.7. The SMILES string of the molecule is N#Cc1ccc(-c2nc(-c3ccc(-n4c5ccccc5c5cc(-c6ccc7c(c6)c6ccccc6n7-c6ccccc6)ccc54)cc3)nc3ccccc23)cc1. The zero-order chi connectivity index (χ0) is 37.2. The maximum Gasteiger partial charge on any atom is 0.160 e. The summed E-state index contributed by atoms with van der Waals surface area (Å²) >= 11 is 0. The first-order valence-electron chi connectivity index (χ1n) is 18.7. The zero-order valence-electron chi connectivity index (χ0n) is 30.1. The van der Waals surface area contributed by atoms with Gasteiger partial charge >= 0.3 is 0 Å². The van der Waals surface area contributed by atoms with Crippen molar-refractivity contribution in [3.05, 3.63) is 194 Å². The molecular weight excluding hydrogens is 683 g/mol. The first-order chi connectivity index (χ1) is 27.7. The fraction of sp³-hybridized carbons (Fsp3) is 0. The van der Waals surface area contributed by atoms with Crippen molar-refractivity contribution in [1.82, 2.24) is 19.1 Å². The van der Waals surface area contributed by atoms with Crippen LogP contribution in [0.1, 0.15) is 5.56 Å². The highest BCUT2D eigenvalue weighted by molar-refractivity contribution is 6.12. The second-order valence-electron chi connectivity index (χ2n) is 14.2. The molecule has 260 valence electrons. The van der Waals surface area contributed by atoms with Crippen molar-refractivity contribution in [3.63, 3.8) is 0 Å². The summed E-state index contributed by atoms with van der Waals surface area (Å²) in [6, 6.07) is 68.0. The number of rotatable bonds is 5. The van der Waals surface area contributed by atoms with Crippen molar-refractivity contribution in [2.45, 2.75) is 0 Å². The Morgan fingerprint density at radius 2 is 0.857 bits per heavy atom. The molecule has 0 saturated carbocycles. The van der Waals surface area contributed by atoms with Gasteiger partial charge in [-0.15, -0.1) is 0 Å². The van der Waals surface area contributed by atoms with E-state index in [0.29, 0.717) is 11.4 Å². The quantitative estimate of drug-likeness (QED) is 0.178. The summed E-state index contributed by atoms with van der Waals surface area (Å²) in [6.45, 7) is 0. The van der Waals surface area contributed by atoms with Crippen molar-refractivity contribution >= 4 is 54.5 Å². The van der Waals surface area contributed by atoms with Crippen LogP contribution in [0, 0.1) is 11.3 Å². The average molecular weight is 714 g/mol. The molecule has 0 radical (unpaired) electrons. The molecule has 0 atom stereocenters. The maximum absolute atomic E-state index is 9.35. The Morgan fingerprint density at radius 3 is 1.46 bits per heavy atom. The minimum absolute atomic E-state index is 0.620. The van der Waals surface area contributed by atoms with Gasteiger partial charge in [0.15, 0.2) is 5.82 Å². The van der Waals surface area contributed by atoms with E-state index in [2.05, 4.69) is 155 Å². The van der Waals surface area contributed by atoms with Gasteiger partial charge in [-0.2, -0.15) is 5.26 Å². The highest BCUT2D eigenvalue weighted by atomic mass is 15.0. The maximum atomic E-state index is 9.35.